The summed E-state index contributed by atoms with van der Waals surface area (Å²) in [6.07, 6.45) is 2.56. The first-order valence-electron chi connectivity index (χ1n) is 9.16. The number of esters is 1. The highest BCUT2D eigenvalue weighted by Crippen LogP contribution is 2.28. The van der Waals surface area contributed by atoms with Crippen LogP contribution < -0.4 is 4.74 Å². The van der Waals surface area contributed by atoms with E-state index >= 15 is 0 Å². The molecule has 0 saturated heterocycles. The summed E-state index contributed by atoms with van der Waals surface area (Å²) < 4.78 is 10.6. The van der Waals surface area contributed by atoms with Crippen LogP contribution in [-0.4, -0.2) is 29.2 Å². The minimum atomic E-state index is -0.764. The molecule has 0 heterocycles. The van der Waals surface area contributed by atoms with E-state index in [1.807, 2.05) is 30.3 Å². The molecule has 2 aromatic rings. The van der Waals surface area contributed by atoms with E-state index in [0.29, 0.717) is 12.4 Å². The average molecular weight is 392 g/mol. The molecule has 0 aliphatic heterocycles. The lowest BCUT2D eigenvalue weighted by Crippen LogP contribution is -2.19. The van der Waals surface area contributed by atoms with Crippen molar-refractivity contribution >= 4 is 17.5 Å². The van der Waals surface area contributed by atoms with Gasteiger partial charge in [0.05, 0.1) is 12.2 Å². The second-order valence-corrected chi connectivity index (χ2v) is 6.35. The fourth-order valence-electron chi connectivity index (χ4n) is 2.83. The molecular formula is C23H20O6. The van der Waals surface area contributed by atoms with Crippen LogP contribution >= 0.6 is 0 Å². The molecule has 0 saturated carbocycles. The molecule has 0 bridgehead atoms. The lowest BCUT2D eigenvalue weighted by Gasteiger charge is -2.13. The summed E-state index contributed by atoms with van der Waals surface area (Å²) in [7, 11) is 0. The summed E-state index contributed by atoms with van der Waals surface area (Å²) in [6.45, 7) is 2.06. The van der Waals surface area contributed by atoms with Crippen LogP contribution in [-0.2, 0) is 20.9 Å². The Morgan fingerprint density at radius 3 is 2.59 bits per heavy atom. The van der Waals surface area contributed by atoms with Gasteiger partial charge < -0.3 is 14.6 Å². The summed E-state index contributed by atoms with van der Waals surface area (Å²) >= 11 is 0. The first-order chi connectivity index (χ1) is 14.0. The number of Topliss-reactive ketones (excluding diaryl/α,β-unsaturated/α-hetero) is 2. The number of rotatable bonds is 7. The molecular weight excluding hydrogens is 372 g/mol. The Labute approximate surface area is 168 Å². The molecule has 6 heteroatoms. The standard InChI is InChI=1S/C23H20O6/c1-2-28-23(27)19-12-16(8-10-21(19)25)22(26)18-13-17(9-11-20(18)24)29-14-15-6-4-3-5-7-15/h3-9,11-13,24H,2,10,14H2,1H3. The third kappa shape index (κ3) is 4.79. The lowest BCUT2D eigenvalue weighted by atomic mass is 9.92. The zero-order chi connectivity index (χ0) is 20.8. The van der Waals surface area contributed by atoms with Gasteiger partial charge in [-0.15, -0.1) is 0 Å². The second kappa shape index (κ2) is 9.01. The van der Waals surface area contributed by atoms with Crippen molar-refractivity contribution in [2.24, 2.45) is 0 Å². The highest BCUT2D eigenvalue weighted by molar-refractivity contribution is 6.22. The molecule has 1 aliphatic rings. The maximum atomic E-state index is 12.9. The molecule has 0 spiro atoms. The summed E-state index contributed by atoms with van der Waals surface area (Å²) in [6, 6.07) is 13.9. The van der Waals surface area contributed by atoms with Crippen LogP contribution in [0.15, 0.2) is 71.8 Å². The zero-order valence-corrected chi connectivity index (χ0v) is 15.9. The van der Waals surface area contributed by atoms with Crippen LogP contribution in [0.2, 0.25) is 0 Å². The van der Waals surface area contributed by atoms with E-state index in [4.69, 9.17) is 9.47 Å². The Balaban J connectivity index is 1.81. The van der Waals surface area contributed by atoms with Gasteiger partial charge in [-0.2, -0.15) is 0 Å². The van der Waals surface area contributed by atoms with Crippen LogP contribution in [0.3, 0.4) is 0 Å². The second-order valence-electron chi connectivity index (χ2n) is 6.35. The Morgan fingerprint density at radius 1 is 1.10 bits per heavy atom. The number of phenolic OH excluding ortho intramolecular Hbond substituents is 1. The summed E-state index contributed by atoms with van der Waals surface area (Å²) in [4.78, 5) is 36.8. The number of phenols is 1. The predicted octanol–water partition coefficient (Wildman–Crippen LogP) is 3.54. The fourth-order valence-corrected chi connectivity index (χ4v) is 2.83. The molecule has 0 aromatic heterocycles. The summed E-state index contributed by atoms with van der Waals surface area (Å²) in [5.41, 5.74) is 0.955. The van der Waals surface area contributed by atoms with Crippen LogP contribution in [0.5, 0.6) is 11.5 Å². The maximum absolute atomic E-state index is 12.9. The van der Waals surface area contributed by atoms with Crippen molar-refractivity contribution in [3.8, 4) is 11.5 Å². The topological polar surface area (TPSA) is 89.9 Å². The van der Waals surface area contributed by atoms with Crippen LogP contribution in [0.25, 0.3) is 0 Å². The monoisotopic (exact) mass is 392 g/mol. The number of allylic oxidation sites excluding steroid dienone is 3. The first kappa shape index (κ1) is 20.1. The molecule has 1 N–H and O–H groups in total. The molecule has 0 atom stereocenters. The van der Waals surface area contributed by atoms with Gasteiger partial charge in [-0.1, -0.05) is 36.4 Å². The molecule has 0 radical (unpaired) electrons. The largest absolute Gasteiger partial charge is 0.507 e. The number of ether oxygens (including phenoxy) is 2. The number of aromatic hydroxyl groups is 1. The van der Waals surface area contributed by atoms with Crippen molar-refractivity contribution in [2.75, 3.05) is 6.61 Å². The number of carbonyl (C=O) groups is 3. The van der Waals surface area contributed by atoms with Gasteiger partial charge in [-0.25, -0.2) is 4.79 Å². The fraction of sp³-hybridized carbons (Fsp3) is 0.174. The van der Waals surface area contributed by atoms with Crippen molar-refractivity contribution in [1.82, 2.24) is 0 Å². The molecule has 2 aromatic carbocycles. The maximum Gasteiger partial charge on any atom is 0.341 e. The predicted molar refractivity (Wildman–Crippen MR) is 106 cm³/mol. The van der Waals surface area contributed by atoms with E-state index in [1.165, 1.54) is 24.3 Å². The normalized spacial score (nSPS) is 13.3. The SMILES string of the molecule is CCOC(=O)C1=CC(C(=O)c2cc(OCc3ccccc3)ccc2O)=CCC1=O. The quantitative estimate of drug-likeness (QED) is 0.440. The van der Waals surface area contributed by atoms with Gasteiger partial charge in [0.1, 0.15) is 23.7 Å². The molecule has 29 heavy (non-hydrogen) atoms. The minimum Gasteiger partial charge on any atom is -0.507 e. The van der Waals surface area contributed by atoms with Gasteiger partial charge in [-0.05, 0) is 36.8 Å². The number of carbonyl (C=O) groups excluding carboxylic acids is 3. The van der Waals surface area contributed by atoms with Crippen molar-refractivity contribution in [3.05, 3.63) is 83.0 Å². The third-order valence-corrected chi connectivity index (χ3v) is 4.33. The molecule has 3 rings (SSSR count). The molecule has 0 unspecified atom stereocenters. The van der Waals surface area contributed by atoms with Gasteiger partial charge in [0.15, 0.2) is 11.6 Å². The Kier molecular flexibility index (Phi) is 6.24. The molecule has 1 aliphatic carbocycles. The lowest BCUT2D eigenvalue weighted by molar-refractivity contribution is -0.140. The van der Waals surface area contributed by atoms with E-state index in [2.05, 4.69) is 0 Å². The average Bonchev–Trinajstić information content (AvgIpc) is 2.74. The van der Waals surface area contributed by atoms with Gasteiger partial charge in [-0.3, -0.25) is 9.59 Å². The van der Waals surface area contributed by atoms with Crippen molar-refractivity contribution in [3.63, 3.8) is 0 Å². The Hall–Kier alpha value is -3.67. The molecule has 0 fully saturated rings. The van der Waals surface area contributed by atoms with E-state index in [-0.39, 0.29) is 35.5 Å². The Morgan fingerprint density at radius 2 is 1.86 bits per heavy atom. The van der Waals surface area contributed by atoms with Crippen LogP contribution in [0, 0.1) is 0 Å². The van der Waals surface area contributed by atoms with Gasteiger partial charge >= 0.3 is 5.97 Å². The number of benzene rings is 2. The van der Waals surface area contributed by atoms with E-state index < -0.39 is 17.5 Å². The van der Waals surface area contributed by atoms with Crippen molar-refractivity contribution in [1.29, 1.82) is 0 Å². The van der Waals surface area contributed by atoms with Crippen LogP contribution in [0.1, 0.15) is 29.3 Å². The molecule has 6 nitrogen and oxygen atoms in total. The Bertz CT molecular complexity index is 1000. The summed E-state index contributed by atoms with van der Waals surface area (Å²) in [5, 5.41) is 10.1. The van der Waals surface area contributed by atoms with E-state index in [1.54, 1.807) is 13.0 Å². The smallest absolute Gasteiger partial charge is 0.341 e. The number of hydrogen-bond donors (Lipinski definition) is 1. The van der Waals surface area contributed by atoms with Gasteiger partial charge in [0.25, 0.3) is 0 Å². The number of hydrogen-bond acceptors (Lipinski definition) is 6. The highest BCUT2D eigenvalue weighted by Gasteiger charge is 2.26. The zero-order valence-electron chi connectivity index (χ0n) is 15.9. The van der Waals surface area contributed by atoms with Crippen molar-refractivity contribution in [2.45, 2.75) is 20.0 Å². The molecule has 148 valence electrons. The molecule has 0 amide bonds. The van der Waals surface area contributed by atoms with E-state index in [9.17, 15) is 19.5 Å². The highest BCUT2D eigenvalue weighted by atomic mass is 16.5. The van der Waals surface area contributed by atoms with Gasteiger partial charge in [0, 0.05) is 12.0 Å². The number of ketones is 2. The minimum absolute atomic E-state index is 0.0237. The summed E-state index contributed by atoms with van der Waals surface area (Å²) in [5.74, 6) is -1.49. The first-order valence-corrected chi connectivity index (χ1v) is 9.16. The van der Waals surface area contributed by atoms with E-state index in [0.717, 1.165) is 5.56 Å². The third-order valence-electron chi connectivity index (χ3n) is 4.33. The van der Waals surface area contributed by atoms with Gasteiger partial charge in [0.2, 0.25) is 0 Å². The van der Waals surface area contributed by atoms with Crippen LogP contribution in [0.4, 0.5) is 0 Å². The van der Waals surface area contributed by atoms with Crippen molar-refractivity contribution < 1.29 is 29.0 Å².